The summed E-state index contributed by atoms with van der Waals surface area (Å²) >= 11 is 0. The lowest BCUT2D eigenvalue weighted by molar-refractivity contribution is 0.403. The van der Waals surface area contributed by atoms with E-state index in [1.807, 2.05) is 7.05 Å². The van der Waals surface area contributed by atoms with E-state index in [-0.39, 0.29) is 6.04 Å². The molecule has 0 saturated heterocycles. The van der Waals surface area contributed by atoms with Crippen LogP contribution in [-0.4, -0.2) is 13.6 Å². The summed E-state index contributed by atoms with van der Waals surface area (Å²) in [6.07, 6.45) is 1.09. The van der Waals surface area contributed by atoms with Gasteiger partial charge in [-0.1, -0.05) is 49.2 Å². The van der Waals surface area contributed by atoms with E-state index >= 15 is 0 Å². The van der Waals surface area contributed by atoms with E-state index in [1.54, 1.807) is 0 Å². The zero-order valence-corrected chi connectivity index (χ0v) is 12.1. The van der Waals surface area contributed by atoms with Crippen LogP contribution in [0.15, 0.2) is 36.4 Å². The van der Waals surface area contributed by atoms with Crippen molar-refractivity contribution >= 4 is 10.8 Å². The predicted octanol–water partition coefficient (Wildman–Crippen LogP) is 3.39. The molecule has 0 heterocycles. The van der Waals surface area contributed by atoms with Gasteiger partial charge in [0.2, 0.25) is 0 Å². The van der Waals surface area contributed by atoms with E-state index < -0.39 is 0 Å². The van der Waals surface area contributed by atoms with Gasteiger partial charge in [-0.05, 0) is 48.8 Å². The summed E-state index contributed by atoms with van der Waals surface area (Å²) in [6.45, 7) is 5.29. The molecule has 2 unspecified atom stereocenters. The van der Waals surface area contributed by atoms with Gasteiger partial charge in [-0.15, -0.1) is 0 Å². The molecule has 0 aliphatic carbocycles. The van der Waals surface area contributed by atoms with E-state index in [0.29, 0.717) is 5.92 Å². The fourth-order valence-corrected chi connectivity index (χ4v) is 2.65. The Morgan fingerprint density at radius 3 is 2.47 bits per heavy atom. The van der Waals surface area contributed by atoms with Crippen molar-refractivity contribution in [2.75, 3.05) is 13.6 Å². The summed E-state index contributed by atoms with van der Waals surface area (Å²) in [4.78, 5) is 0. The van der Waals surface area contributed by atoms with Crippen LogP contribution in [0, 0.1) is 12.8 Å². The van der Waals surface area contributed by atoms with Crippen molar-refractivity contribution in [3.05, 3.63) is 47.5 Å². The molecule has 102 valence electrons. The van der Waals surface area contributed by atoms with E-state index in [2.05, 4.69) is 55.6 Å². The molecule has 0 saturated carbocycles. The molecule has 19 heavy (non-hydrogen) atoms. The van der Waals surface area contributed by atoms with Crippen LogP contribution in [-0.2, 0) is 0 Å². The number of benzene rings is 2. The van der Waals surface area contributed by atoms with Gasteiger partial charge in [0.1, 0.15) is 0 Å². The minimum atomic E-state index is 0.100. The predicted molar refractivity (Wildman–Crippen MR) is 83.3 cm³/mol. The third-order valence-corrected chi connectivity index (χ3v) is 3.90. The minimum absolute atomic E-state index is 0.100. The smallest absolute Gasteiger partial charge is 0.0335 e. The summed E-state index contributed by atoms with van der Waals surface area (Å²) in [7, 11) is 1.98. The molecular formula is C17H24N2. The first-order valence-corrected chi connectivity index (χ1v) is 7.06. The number of hydrogen-bond donors (Lipinski definition) is 2. The van der Waals surface area contributed by atoms with Crippen LogP contribution in [0.25, 0.3) is 10.8 Å². The van der Waals surface area contributed by atoms with Crippen molar-refractivity contribution in [3.63, 3.8) is 0 Å². The van der Waals surface area contributed by atoms with Gasteiger partial charge in [0.05, 0.1) is 0 Å². The Labute approximate surface area is 116 Å². The Bertz CT molecular complexity index is 548. The monoisotopic (exact) mass is 256 g/mol. The molecule has 0 fully saturated rings. The first-order valence-electron chi connectivity index (χ1n) is 7.06. The van der Waals surface area contributed by atoms with E-state index in [4.69, 9.17) is 5.73 Å². The maximum atomic E-state index is 6.42. The molecule has 0 amide bonds. The highest BCUT2D eigenvalue weighted by Gasteiger charge is 2.17. The summed E-state index contributed by atoms with van der Waals surface area (Å²) in [5.74, 6) is 0.480. The quantitative estimate of drug-likeness (QED) is 0.860. The standard InChI is InChI=1S/C17H24N2/c1-4-13(11-19-3)17(18)16-8-7-14-9-12(2)5-6-15(14)10-16/h5-10,13,17,19H,4,11,18H2,1-3H3. The lowest BCUT2D eigenvalue weighted by Crippen LogP contribution is -2.29. The highest BCUT2D eigenvalue weighted by Crippen LogP contribution is 2.25. The van der Waals surface area contributed by atoms with Crippen LogP contribution in [0.5, 0.6) is 0 Å². The third kappa shape index (κ3) is 3.14. The first-order chi connectivity index (χ1) is 9.15. The van der Waals surface area contributed by atoms with Gasteiger partial charge in [-0.3, -0.25) is 0 Å². The SMILES string of the molecule is CCC(CNC)C(N)c1ccc2cc(C)ccc2c1. The molecule has 2 rings (SSSR count). The molecular weight excluding hydrogens is 232 g/mol. The van der Waals surface area contributed by atoms with Crippen molar-refractivity contribution in [1.82, 2.24) is 5.32 Å². The normalized spacial score (nSPS) is 14.5. The van der Waals surface area contributed by atoms with Gasteiger partial charge < -0.3 is 11.1 Å². The second-order valence-corrected chi connectivity index (χ2v) is 5.36. The molecule has 0 spiro atoms. The number of fused-ring (bicyclic) bond motifs is 1. The Kier molecular flexibility index (Phi) is 4.56. The van der Waals surface area contributed by atoms with Crippen LogP contribution >= 0.6 is 0 Å². The van der Waals surface area contributed by atoms with Gasteiger partial charge in [0.25, 0.3) is 0 Å². The highest BCUT2D eigenvalue weighted by atomic mass is 14.8. The maximum Gasteiger partial charge on any atom is 0.0335 e. The fraction of sp³-hybridized carbons (Fsp3) is 0.412. The minimum Gasteiger partial charge on any atom is -0.324 e. The van der Waals surface area contributed by atoms with Crippen LogP contribution in [0.2, 0.25) is 0 Å². The number of rotatable bonds is 5. The number of nitrogens with one attached hydrogen (secondary N) is 1. The third-order valence-electron chi connectivity index (χ3n) is 3.90. The summed E-state index contributed by atoms with van der Waals surface area (Å²) in [5.41, 5.74) is 8.95. The molecule has 2 atom stereocenters. The first kappa shape index (κ1) is 14.0. The van der Waals surface area contributed by atoms with Crippen LogP contribution in [0.1, 0.15) is 30.5 Å². The van der Waals surface area contributed by atoms with Gasteiger partial charge in [-0.25, -0.2) is 0 Å². The molecule has 2 aromatic carbocycles. The average Bonchev–Trinajstić information content (AvgIpc) is 2.43. The molecule has 2 heteroatoms. The highest BCUT2D eigenvalue weighted by molar-refractivity contribution is 5.83. The zero-order valence-electron chi connectivity index (χ0n) is 12.1. The van der Waals surface area contributed by atoms with Crippen molar-refractivity contribution in [2.45, 2.75) is 26.3 Å². The summed E-state index contributed by atoms with van der Waals surface area (Å²) in [6, 6.07) is 13.2. The van der Waals surface area contributed by atoms with Gasteiger partial charge in [0, 0.05) is 6.04 Å². The topological polar surface area (TPSA) is 38.0 Å². The van der Waals surface area contributed by atoms with Crippen LogP contribution in [0.3, 0.4) is 0 Å². The summed E-state index contributed by atoms with van der Waals surface area (Å²) in [5, 5.41) is 5.80. The summed E-state index contributed by atoms with van der Waals surface area (Å²) < 4.78 is 0. The second-order valence-electron chi connectivity index (χ2n) is 5.36. The van der Waals surface area contributed by atoms with Crippen molar-refractivity contribution in [1.29, 1.82) is 0 Å². The zero-order chi connectivity index (χ0) is 13.8. The Morgan fingerprint density at radius 2 is 1.79 bits per heavy atom. The van der Waals surface area contributed by atoms with Gasteiger partial charge in [-0.2, -0.15) is 0 Å². The molecule has 0 aliphatic heterocycles. The van der Waals surface area contributed by atoms with Crippen LogP contribution < -0.4 is 11.1 Å². The lowest BCUT2D eigenvalue weighted by Gasteiger charge is -2.23. The van der Waals surface area contributed by atoms with Crippen molar-refractivity contribution in [3.8, 4) is 0 Å². The van der Waals surface area contributed by atoms with E-state index in [1.165, 1.54) is 21.9 Å². The van der Waals surface area contributed by atoms with E-state index in [0.717, 1.165) is 13.0 Å². The largest absolute Gasteiger partial charge is 0.324 e. The molecule has 0 bridgehead atoms. The number of aryl methyl sites for hydroxylation is 1. The van der Waals surface area contributed by atoms with Crippen molar-refractivity contribution < 1.29 is 0 Å². The second kappa shape index (κ2) is 6.18. The lowest BCUT2D eigenvalue weighted by atomic mass is 9.90. The molecule has 2 aromatic rings. The molecule has 0 radical (unpaired) electrons. The molecule has 2 nitrogen and oxygen atoms in total. The Morgan fingerprint density at radius 1 is 1.11 bits per heavy atom. The van der Waals surface area contributed by atoms with Gasteiger partial charge >= 0.3 is 0 Å². The fourth-order valence-electron chi connectivity index (χ4n) is 2.65. The molecule has 0 aliphatic rings. The molecule has 3 N–H and O–H groups in total. The molecule has 0 aromatic heterocycles. The van der Waals surface area contributed by atoms with Gasteiger partial charge in [0.15, 0.2) is 0 Å². The van der Waals surface area contributed by atoms with E-state index in [9.17, 15) is 0 Å². The Balaban J connectivity index is 2.32. The average molecular weight is 256 g/mol. The Hall–Kier alpha value is -1.38. The maximum absolute atomic E-state index is 6.42. The van der Waals surface area contributed by atoms with Crippen LogP contribution in [0.4, 0.5) is 0 Å². The van der Waals surface area contributed by atoms with Crippen molar-refractivity contribution in [2.24, 2.45) is 11.7 Å². The number of nitrogens with two attached hydrogens (primary N) is 1. The number of hydrogen-bond acceptors (Lipinski definition) is 2.